The SMILES string of the molecule is CC(=O)N[C@H](CC(=O)NC[C@@H](C)c1ccccc1)c1cccs1. The summed E-state index contributed by atoms with van der Waals surface area (Å²) in [5, 5.41) is 7.75. The number of rotatable bonds is 7. The van der Waals surface area contributed by atoms with Crippen molar-refractivity contribution in [3.05, 3.63) is 58.3 Å². The van der Waals surface area contributed by atoms with Gasteiger partial charge in [0.2, 0.25) is 11.8 Å². The number of nitrogens with one attached hydrogen (secondary N) is 2. The zero-order valence-electron chi connectivity index (χ0n) is 13.4. The third kappa shape index (κ3) is 5.53. The van der Waals surface area contributed by atoms with E-state index in [1.165, 1.54) is 12.5 Å². The van der Waals surface area contributed by atoms with Crippen LogP contribution in [0.3, 0.4) is 0 Å². The average Bonchev–Trinajstić information content (AvgIpc) is 3.07. The Kier molecular flexibility index (Phi) is 6.35. The van der Waals surface area contributed by atoms with Crippen molar-refractivity contribution in [3.8, 4) is 0 Å². The molecular formula is C18H22N2O2S. The fourth-order valence-corrected chi connectivity index (χ4v) is 3.16. The normalized spacial score (nSPS) is 13.1. The zero-order valence-corrected chi connectivity index (χ0v) is 14.2. The highest BCUT2D eigenvalue weighted by Crippen LogP contribution is 2.22. The standard InChI is InChI=1S/C18H22N2O2S/c1-13(15-7-4-3-5-8-15)12-19-18(22)11-16(20-14(2)21)17-9-6-10-23-17/h3-10,13,16H,11-12H2,1-2H3,(H,19,22)(H,20,21)/t13-,16-/m1/s1. The summed E-state index contributed by atoms with van der Waals surface area (Å²) in [6.45, 7) is 4.14. The fourth-order valence-electron chi connectivity index (χ4n) is 2.38. The first kappa shape index (κ1) is 17.2. The van der Waals surface area contributed by atoms with Gasteiger partial charge in [-0.2, -0.15) is 0 Å². The summed E-state index contributed by atoms with van der Waals surface area (Å²) >= 11 is 1.54. The quantitative estimate of drug-likeness (QED) is 0.819. The molecule has 122 valence electrons. The van der Waals surface area contributed by atoms with Crippen LogP contribution in [0, 0.1) is 0 Å². The molecule has 2 atom stereocenters. The van der Waals surface area contributed by atoms with E-state index in [2.05, 4.69) is 29.7 Å². The average molecular weight is 330 g/mol. The van der Waals surface area contributed by atoms with Crippen LogP contribution in [-0.2, 0) is 9.59 Å². The van der Waals surface area contributed by atoms with Gasteiger partial charge < -0.3 is 10.6 Å². The number of benzene rings is 1. The van der Waals surface area contributed by atoms with E-state index in [0.717, 1.165) is 4.88 Å². The molecule has 4 nitrogen and oxygen atoms in total. The molecule has 5 heteroatoms. The summed E-state index contributed by atoms with van der Waals surface area (Å²) in [5.74, 6) is 0.0647. The van der Waals surface area contributed by atoms with E-state index in [4.69, 9.17) is 0 Å². The molecule has 1 aromatic heterocycles. The van der Waals surface area contributed by atoms with E-state index in [9.17, 15) is 9.59 Å². The van der Waals surface area contributed by atoms with Crippen LogP contribution in [0.4, 0.5) is 0 Å². The molecule has 0 aliphatic rings. The second-order valence-corrected chi connectivity index (χ2v) is 6.57. The van der Waals surface area contributed by atoms with Crippen molar-refractivity contribution in [1.82, 2.24) is 10.6 Å². The Balaban J connectivity index is 1.88. The lowest BCUT2D eigenvalue weighted by molar-refractivity contribution is -0.122. The van der Waals surface area contributed by atoms with Gasteiger partial charge in [0, 0.05) is 18.3 Å². The van der Waals surface area contributed by atoms with Crippen LogP contribution in [0.2, 0.25) is 0 Å². The summed E-state index contributed by atoms with van der Waals surface area (Å²) in [5.41, 5.74) is 1.20. The molecule has 0 radical (unpaired) electrons. The summed E-state index contributed by atoms with van der Waals surface area (Å²) in [4.78, 5) is 24.5. The predicted molar refractivity (Wildman–Crippen MR) is 93.4 cm³/mol. The molecule has 1 heterocycles. The minimum absolute atomic E-state index is 0.0556. The van der Waals surface area contributed by atoms with Gasteiger partial charge in [-0.15, -0.1) is 11.3 Å². The molecule has 0 fully saturated rings. The van der Waals surface area contributed by atoms with Crippen LogP contribution >= 0.6 is 11.3 Å². The first-order chi connectivity index (χ1) is 11.1. The van der Waals surface area contributed by atoms with E-state index in [0.29, 0.717) is 6.54 Å². The maximum Gasteiger partial charge on any atom is 0.222 e. The molecule has 2 amide bonds. The Hall–Kier alpha value is -2.14. The first-order valence-corrected chi connectivity index (χ1v) is 8.56. The van der Waals surface area contributed by atoms with Crippen molar-refractivity contribution >= 4 is 23.2 Å². The van der Waals surface area contributed by atoms with Crippen LogP contribution in [0.25, 0.3) is 0 Å². The van der Waals surface area contributed by atoms with Crippen LogP contribution in [0.15, 0.2) is 47.8 Å². The van der Waals surface area contributed by atoms with Crippen LogP contribution in [-0.4, -0.2) is 18.4 Å². The Morgan fingerprint density at radius 2 is 1.87 bits per heavy atom. The van der Waals surface area contributed by atoms with Gasteiger partial charge >= 0.3 is 0 Å². The van der Waals surface area contributed by atoms with Gasteiger partial charge in [-0.3, -0.25) is 9.59 Å². The maximum absolute atomic E-state index is 12.2. The van der Waals surface area contributed by atoms with E-state index < -0.39 is 0 Å². The Bertz CT molecular complexity index is 626. The number of hydrogen-bond donors (Lipinski definition) is 2. The van der Waals surface area contributed by atoms with Crippen molar-refractivity contribution in [2.45, 2.75) is 32.2 Å². The van der Waals surface area contributed by atoms with E-state index in [1.54, 1.807) is 11.3 Å². The zero-order chi connectivity index (χ0) is 16.7. The molecule has 1 aromatic carbocycles. The smallest absolute Gasteiger partial charge is 0.222 e. The largest absolute Gasteiger partial charge is 0.355 e. The Labute approximate surface area is 140 Å². The van der Waals surface area contributed by atoms with Crippen molar-refractivity contribution in [2.24, 2.45) is 0 Å². The summed E-state index contributed by atoms with van der Waals surface area (Å²) in [7, 11) is 0. The summed E-state index contributed by atoms with van der Waals surface area (Å²) < 4.78 is 0. The summed E-state index contributed by atoms with van der Waals surface area (Å²) in [6, 6.07) is 13.7. The van der Waals surface area contributed by atoms with Crippen molar-refractivity contribution < 1.29 is 9.59 Å². The highest BCUT2D eigenvalue weighted by Gasteiger charge is 2.18. The molecule has 0 aliphatic carbocycles. The van der Waals surface area contributed by atoms with Gasteiger partial charge in [0.15, 0.2) is 0 Å². The molecule has 2 rings (SSSR count). The third-order valence-electron chi connectivity index (χ3n) is 3.63. The minimum atomic E-state index is -0.264. The van der Waals surface area contributed by atoms with E-state index in [1.807, 2.05) is 35.7 Å². The highest BCUT2D eigenvalue weighted by molar-refractivity contribution is 7.10. The minimum Gasteiger partial charge on any atom is -0.355 e. The number of thiophene rings is 1. The second-order valence-electron chi connectivity index (χ2n) is 5.59. The molecule has 0 saturated carbocycles. The Morgan fingerprint density at radius 3 is 2.48 bits per heavy atom. The van der Waals surface area contributed by atoms with Gasteiger partial charge in [0.1, 0.15) is 0 Å². The van der Waals surface area contributed by atoms with Crippen LogP contribution < -0.4 is 10.6 Å². The van der Waals surface area contributed by atoms with E-state index >= 15 is 0 Å². The molecule has 2 N–H and O–H groups in total. The van der Waals surface area contributed by atoms with Crippen molar-refractivity contribution in [3.63, 3.8) is 0 Å². The van der Waals surface area contributed by atoms with Crippen molar-refractivity contribution in [1.29, 1.82) is 0 Å². The van der Waals surface area contributed by atoms with Gasteiger partial charge in [0.05, 0.1) is 12.5 Å². The van der Waals surface area contributed by atoms with Crippen LogP contribution in [0.5, 0.6) is 0 Å². The third-order valence-corrected chi connectivity index (χ3v) is 4.61. The Morgan fingerprint density at radius 1 is 1.13 bits per heavy atom. The van der Waals surface area contributed by atoms with Gasteiger partial charge in [-0.25, -0.2) is 0 Å². The number of amides is 2. The number of carbonyl (C=O) groups excluding carboxylic acids is 2. The molecular weight excluding hydrogens is 308 g/mol. The molecule has 23 heavy (non-hydrogen) atoms. The summed E-state index contributed by atoms with van der Waals surface area (Å²) in [6.07, 6.45) is 0.252. The van der Waals surface area contributed by atoms with Crippen molar-refractivity contribution in [2.75, 3.05) is 6.54 Å². The molecule has 0 bridgehead atoms. The molecule has 0 saturated heterocycles. The molecule has 0 aliphatic heterocycles. The molecule has 2 aromatic rings. The fraction of sp³-hybridized carbons (Fsp3) is 0.333. The lowest BCUT2D eigenvalue weighted by atomic mass is 10.0. The first-order valence-electron chi connectivity index (χ1n) is 7.68. The molecule has 0 spiro atoms. The topological polar surface area (TPSA) is 58.2 Å². The van der Waals surface area contributed by atoms with Gasteiger partial charge in [-0.1, -0.05) is 43.3 Å². The maximum atomic E-state index is 12.2. The predicted octanol–water partition coefficient (Wildman–Crippen LogP) is 3.24. The number of carbonyl (C=O) groups is 2. The lowest BCUT2D eigenvalue weighted by Crippen LogP contribution is -2.33. The van der Waals surface area contributed by atoms with E-state index in [-0.39, 0.29) is 30.2 Å². The molecule has 0 unspecified atom stereocenters. The number of hydrogen-bond acceptors (Lipinski definition) is 3. The van der Waals surface area contributed by atoms with Gasteiger partial charge in [0.25, 0.3) is 0 Å². The monoisotopic (exact) mass is 330 g/mol. The highest BCUT2D eigenvalue weighted by atomic mass is 32.1. The lowest BCUT2D eigenvalue weighted by Gasteiger charge is -2.18. The second kappa shape index (κ2) is 8.48. The van der Waals surface area contributed by atoms with Gasteiger partial charge in [-0.05, 0) is 22.9 Å². The van der Waals surface area contributed by atoms with Crippen LogP contribution in [0.1, 0.15) is 42.7 Å².